The highest BCUT2D eigenvalue weighted by Gasteiger charge is 2.29. The van der Waals surface area contributed by atoms with E-state index in [1.54, 1.807) is 0 Å². The predicted molar refractivity (Wildman–Crippen MR) is 142 cm³/mol. The number of benzene rings is 1. The van der Waals surface area contributed by atoms with Gasteiger partial charge in [0, 0.05) is 77.9 Å². The maximum atomic E-state index is 11.9. The van der Waals surface area contributed by atoms with Crippen LogP contribution in [-0.4, -0.2) is 56.8 Å². The Morgan fingerprint density at radius 1 is 1.09 bits per heavy atom. The first kappa shape index (κ1) is 23.0. The van der Waals surface area contributed by atoms with Crippen molar-refractivity contribution >= 4 is 44.8 Å². The van der Waals surface area contributed by atoms with Crippen LogP contribution in [0.3, 0.4) is 0 Å². The van der Waals surface area contributed by atoms with E-state index in [2.05, 4.69) is 52.1 Å². The largest absolute Gasteiger partial charge is 0.370 e. The Morgan fingerprint density at radius 3 is 2.74 bits per heavy atom. The smallest absolute Gasteiger partial charge is 0.227 e. The molecule has 0 aliphatic carbocycles. The monoisotopic (exact) mass is 478 g/mol. The SMILES string of the molecule is CCS(=O)CC1CN(c2ccc(C)c3cc(Nc4ccnc(N5CCCC(C)C5)n4)ncc23)C1. The van der Waals surface area contributed by atoms with E-state index >= 15 is 0 Å². The Balaban J connectivity index is 1.33. The summed E-state index contributed by atoms with van der Waals surface area (Å²) in [6, 6.07) is 8.38. The van der Waals surface area contributed by atoms with E-state index in [1.165, 1.54) is 29.5 Å². The highest BCUT2D eigenvalue weighted by Crippen LogP contribution is 2.34. The van der Waals surface area contributed by atoms with E-state index in [4.69, 9.17) is 9.97 Å². The van der Waals surface area contributed by atoms with Gasteiger partial charge in [0.2, 0.25) is 5.95 Å². The number of rotatable bonds is 7. The van der Waals surface area contributed by atoms with Crippen LogP contribution >= 0.6 is 0 Å². The minimum absolute atomic E-state index is 0.515. The Labute approximate surface area is 204 Å². The Morgan fingerprint density at radius 2 is 1.94 bits per heavy atom. The first-order chi connectivity index (χ1) is 16.5. The third kappa shape index (κ3) is 4.87. The molecule has 2 aliphatic rings. The van der Waals surface area contributed by atoms with Gasteiger partial charge in [0.25, 0.3) is 0 Å². The van der Waals surface area contributed by atoms with Crippen molar-refractivity contribution in [3.63, 3.8) is 0 Å². The maximum Gasteiger partial charge on any atom is 0.227 e. The van der Waals surface area contributed by atoms with Crippen molar-refractivity contribution in [3.05, 3.63) is 42.2 Å². The lowest BCUT2D eigenvalue weighted by atomic mass is 9.98. The predicted octanol–water partition coefficient (Wildman–Crippen LogP) is 4.52. The molecule has 4 heterocycles. The summed E-state index contributed by atoms with van der Waals surface area (Å²) < 4.78 is 11.9. The first-order valence-electron chi connectivity index (χ1n) is 12.3. The third-order valence-electron chi connectivity index (χ3n) is 6.98. The average Bonchev–Trinajstić information content (AvgIpc) is 2.82. The van der Waals surface area contributed by atoms with Gasteiger partial charge in [-0.2, -0.15) is 4.98 Å². The average molecular weight is 479 g/mol. The summed E-state index contributed by atoms with van der Waals surface area (Å²) in [4.78, 5) is 18.7. The molecule has 180 valence electrons. The molecule has 0 spiro atoms. The van der Waals surface area contributed by atoms with E-state index < -0.39 is 10.8 Å². The number of nitrogens with zero attached hydrogens (tertiary/aromatic N) is 5. The maximum absolute atomic E-state index is 11.9. The molecule has 5 rings (SSSR count). The van der Waals surface area contributed by atoms with Crippen molar-refractivity contribution in [2.45, 2.75) is 33.6 Å². The molecule has 8 heteroatoms. The van der Waals surface area contributed by atoms with Gasteiger partial charge in [-0.25, -0.2) is 9.97 Å². The van der Waals surface area contributed by atoms with Crippen molar-refractivity contribution in [2.75, 3.05) is 52.8 Å². The van der Waals surface area contributed by atoms with Crippen molar-refractivity contribution in [1.82, 2.24) is 15.0 Å². The molecular weight excluding hydrogens is 444 g/mol. The number of hydrogen-bond acceptors (Lipinski definition) is 7. The quantitative estimate of drug-likeness (QED) is 0.535. The van der Waals surface area contributed by atoms with E-state index in [9.17, 15) is 4.21 Å². The van der Waals surface area contributed by atoms with E-state index in [0.717, 1.165) is 60.7 Å². The van der Waals surface area contributed by atoms with Gasteiger partial charge in [0.1, 0.15) is 11.6 Å². The molecule has 2 fully saturated rings. The Hall–Kier alpha value is -2.74. The highest BCUT2D eigenvalue weighted by molar-refractivity contribution is 7.84. The van der Waals surface area contributed by atoms with Gasteiger partial charge in [-0.3, -0.25) is 4.21 Å². The molecule has 3 aromatic rings. The topological polar surface area (TPSA) is 74.2 Å². The van der Waals surface area contributed by atoms with Crippen LogP contribution < -0.4 is 15.1 Å². The lowest BCUT2D eigenvalue weighted by Gasteiger charge is -2.41. The lowest BCUT2D eigenvalue weighted by molar-refractivity contribution is 0.442. The van der Waals surface area contributed by atoms with Gasteiger partial charge in [-0.05, 0) is 54.8 Å². The number of anilines is 4. The summed E-state index contributed by atoms with van der Waals surface area (Å²) in [5.74, 6) is 5.06. The normalized spacial score (nSPS) is 19.8. The summed E-state index contributed by atoms with van der Waals surface area (Å²) in [5, 5.41) is 5.74. The molecule has 0 amide bonds. The van der Waals surface area contributed by atoms with Crippen LogP contribution in [0.4, 0.5) is 23.3 Å². The van der Waals surface area contributed by atoms with Crippen LogP contribution in [0.25, 0.3) is 10.8 Å². The van der Waals surface area contributed by atoms with E-state index in [-0.39, 0.29) is 0 Å². The molecule has 2 aliphatic heterocycles. The summed E-state index contributed by atoms with van der Waals surface area (Å²) in [7, 11) is -0.697. The van der Waals surface area contributed by atoms with Crippen molar-refractivity contribution in [3.8, 4) is 0 Å². The number of hydrogen-bond donors (Lipinski definition) is 1. The van der Waals surface area contributed by atoms with Crippen molar-refractivity contribution in [2.24, 2.45) is 11.8 Å². The molecule has 1 N–H and O–H groups in total. The molecule has 2 atom stereocenters. The zero-order valence-corrected chi connectivity index (χ0v) is 21.1. The number of pyridine rings is 1. The molecule has 7 nitrogen and oxygen atoms in total. The van der Waals surface area contributed by atoms with Crippen LogP contribution in [0.5, 0.6) is 0 Å². The molecule has 0 radical (unpaired) electrons. The second kappa shape index (κ2) is 9.86. The molecule has 2 saturated heterocycles. The van der Waals surface area contributed by atoms with Gasteiger partial charge in [0.15, 0.2) is 0 Å². The molecular formula is C26H34N6OS. The zero-order valence-electron chi connectivity index (χ0n) is 20.3. The van der Waals surface area contributed by atoms with Gasteiger partial charge < -0.3 is 15.1 Å². The molecule has 0 bridgehead atoms. The van der Waals surface area contributed by atoms with E-state index in [1.807, 2.05) is 25.4 Å². The fourth-order valence-corrected chi connectivity index (χ4v) is 6.01. The molecule has 0 saturated carbocycles. The number of piperidine rings is 1. The van der Waals surface area contributed by atoms with Crippen LogP contribution in [0.2, 0.25) is 0 Å². The van der Waals surface area contributed by atoms with Crippen LogP contribution in [0.15, 0.2) is 36.7 Å². The second-order valence-corrected chi connectivity index (χ2v) is 11.5. The standard InChI is InChI=1S/C26H34N6OS/c1-4-34(33)17-20-15-32(16-20)23-8-7-19(3)21-12-25(28-13-22(21)23)29-24-9-10-27-26(30-24)31-11-5-6-18(2)14-31/h7-10,12-13,18,20H,4-6,11,14-17H2,1-3H3,(H,27,28,29,30). The minimum atomic E-state index is -0.697. The third-order valence-corrected chi connectivity index (χ3v) is 8.46. The summed E-state index contributed by atoms with van der Waals surface area (Å²) >= 11 is 0. The fraction of sp³-hybridized carbons (Fsp3) is 0.500. The minimum Gasteiger partial charge on any atom is -0.370 e. The van der Waals surface area contributed by atoms with Crippen molar-refractivity contribution < 1.29 is 4.21 Å². The van der Waals surface area contributed by atoms with Gasteiger partial charge >= 0.3 is 0 Å². The molecule has 2 aromatic heterocycles. The number of nitrogens with one attached hydrogen (secondary N) is 1. The number of aromatic nitrogens is 3. The number of aryl methyl sites for hydroxylation is 1. The second-order valence-electron chi connectivity index (χ2n) is 9.74. The van der Waals surface area contributed by atoms with Gasteiger partial charge in [0.05, 0.1) is 0 Å². The lowest BCUT2D eigenvalue weighted by Crippen LogP contribution is -2.49. The first-order valence-corrected chi connectivity index (χ1v) is 13.8. The summed E-state index contributed by atoms with van der Waals surface area (Å²) in [5.41, 5.74) is 2.43. The molecule has 1 aromatic carbocycles. The van der Waals surface area contributed by atoms with Gasteiger partial charge in [-0.15, -0.1) is 0 Å². The van der Waals surface area contributed by atoms with Crippen molar-refractivity contribution in [1.29, 1.82) is 0 Å². The molecule has 2 unspecified atom stereocenters. The van der Waals surface area contributed by atoms with Crippen LogP contribution in [-0.2, 0) is 10.8 Å². The van der Waals surface area contributed by atoms with Crippen LogP contribution in [0, 0.1) is 18.8 Å². The molecule has 34 heavy (non-hydrogen) atoms. The summed E-state index contributed by atoms with van der Waals surface area (Å²) in [6.45, 7) is 10.4. The van der Waals surface area contributed by atoms with Gasteiger partial charge in [-0.1, -0.05) is 19.9 Å². The number of fused-ring (bicyclic) bond motifs is 1. The zero-order chi connectivity index (χ0) is 23.7. The van der Waals surface area contributed by atoms with E-state index in [0.29, 0.717) is 11.8 Å². The Bertz CT molecular complexity index is 1200. The highest BCUT2D eigenvalue weighted by atomic mass is 32.2. The summed E-state index contributed by atoms with van der Waals surface area (Å²) in [6.07, 6.45) is 6.24. The fourth-order valence-electron chi connectivity index (χ4n) is 5.04. The van der Waals surface area contributed by atoms with Crippen LogP contribution in [0.1, 0.15) is 32.3 Å². The Kier molecular flexibility index (Phi) is 6.68.